The van der Waals surface area contributed by atoms with Gasteiger partial charge in [-0.1, -0.05) is 6.92 Å². The molecular formula is C11H18N4. The van der Waals surface area contributed by atoms with Crippen molar-refractivity contribution >= 4 is 0 Å². The standard InChI is InChI=1S/C11H18N4/c1-2-9-13-10-4-3-8(7-15(10)14-9)11(12)5-6-11/h8H,2-7,12H2,1H3. The summed E-state index contributed by atoms with van der Waals surface area (Å²) in [6.07, 6.45) is 5.57. The average molecular weight is 206 g/mol. The minimum Gasteiger partial charge on any atom is -0.325 e. The van der Waals surface area contributed by atoms with E-state index in [0.29, 0.717) is 5.92 Å². The maximum absolute atomic E-state index is 6.26. The number of aromatic nitrogens is 3. The van der Waals surface area contributed by atoms with E-state index in [-0.39, 0.29) is 5.54 Å². The van der Waals surface area contributed by atoms with Crippen molar-refractivity contribution in [2.24, 2.45) is 11.7 Å². The lowest BCUT2D eigenvalue weighted by molar-refractivity contribution is 0.279. The Balaban J connectivity index is 1.83. The van der Waals surface area contributed by atoms with Gasteiger partial charge in [0, 0.05) is 24.9 Å². The monoisotopic (exact) mass is 206 g/mol. The lowest BCUT2D eigenvalue weighted by Gasteiger charge is -2.27. The van der Waals surface area contributed by atoms with Crippen molar-refractivity contribution in [2.75, 3.05) is 0 Å². The van der Waals surface area contributed by atoms with E-state index in [0.717, 1.165) is 31.0 Å². The Labute approximate surface area is 89.9 Å². The zero-order valence-corrected chi connectivity index (χ0v) is 9.24. The summed E-state index contributed by atoms with van der Waals surface area (Å²) in [7, 11) is 0. The van der Waals surface area contributed by atoms with Crippen molar-refractivity contribution in [1.82, 2.24) is 14.8 Å². The molecule has 1 saturated carbocycles. The minimum absolute atomic E-state index is 0.135. The van der Waals surface area contributed by atoms with Gasteiger partial charge in [0.25, 0.3) is 0 Å². The second-order valence-electron chi connectivity index (χ2n) is 4.95. The van der Waals surface area contributed by atoms with Crippen molar-refractivity contribution < 1.29 is 0 Å². The van der Waals surface area contributed by atoms with Crippen LogP contribution in [0.25, 0.3) is 0 Å². The average Bonchev–Trinajstić information content (AvgIpc) is 2.86. The Bertz CT molecular complexity index is 378. The minimum atomic E-state index is 0.135. The fourth-order valence-corrected chi connectivity index (χ4v) is 2.53. The van der Waals surface area contributed by atoms with Crippen molar-refractivity contribution in [3.63, 3.8) is 0 Å². The number of nitrogens with two attached hydrogens (primary N) is 1. The van der Waals surface area contributed by atoms with Gasteiger partial charge in [0.05, 0.1) is 0 Å². The molecule has 0 radical (unpaired) electrons. The van der Waals surface area contributed by atoms with E-state index in [1.165, 1.54) is 19.3 Å². The molecular weight excluding hydrogens is 188 g/mol. The summed E-state index contributed by atoms with van der Waals surface area (Å²) in [5, 5.41) is 4.51. The highest BCUT2D eigenvalue weighted by Gasteiger charge is 2.46. The van der Waals surface area contributed by atoms with Crippen molar-refractivity contribution in [3.8, 4) is 0 Å². The molecule has 4 nitrogen and oxygen atoms in total. The highest BCUT2D eigenvalue weighted by Crippen LogP contribution is 2.43. The summed E-state index contributed by atoms with van der Waals surface area (Å²) >= 11 is 0. The van der Waals surface area contributed by atoms with Gasteiger partial charge in [0.1, 0.15) is 5.82 Å². The molecule has 0 aromatic carbocycles. The van der Waals surface area contributed by atoms with E-state index in [4.69, 9.17) is 5.73 Å². The van der Waals surface area contributed by atoms with Crippen molar-refractivity contribution in [2.45, 2.75) is 51.1 Å². The van der Waals surface area contributed by atoms with Crippen molar-refractivity contribution in [3.05, 3.63) is 11.6 Å². The number of aryl methyl sites for hydroxylation is 2. The molecule has 0 amide bonds. The van der Waals surface area contributed by atoms with Gasteiger partial charge in [-0.3, -0.25) is 0 Å². The highest BCUT2D eigenvalue weighted by molar-refractivity contribution is 5.07. The first-order chi connectivity index (χ1) is 7.21. The maximum atomic E-state index is 6.26. The first-order valence-electron chi connectivity index (χ1n) is 5.93. The van der Waals surface area contributed by atoms with Gasteiger partial charge in [0.15, 0.2) is 5.82 Å². The second-order valence-corrected chi connectivity index (χ2v) is 4.95. The molecule has 2 heterocycles. The van der Waals surface area contributed by atoms with Gasteiger partial charge in [-0.2, -0.15) is 5.10 Å². The Hall–Kier alpha value is -0.900. The summed E-state index contributed by atoms with van der Waals surface area (Å²) in [5.74, 6) is 2.76. The molecule has 1 fully saturated rings. The van der Waals surface area contributed by atoms with Crippen LogP contribution in [-0.2, 0) is 19.4 Å². The van der Waals surface area contributed by atoms with Crippen LogP contribution in [0, 0.1) is 5.92 Å². The summed E-state index contributed by atoms with van der Waals surface area (Å²) in [5.41, 5.74) is 6.39. The van der Waals surface area contributed by atoms with E-state index in [2.05, 4.69) is 21.7 Å². The normalized spacial score (nSPS) is 27.5. The number of hydrogen-bond donors (Lipinski definition) is 1. The predicted molar refractivity (Wildman–Crippen MR) is 57.4 cm³/mol. The van der Waals surface area contributed by atoms with Gasteiger partial charge in [0.2, 0.25) is 0 Å². The lowest BCUT2D eigenvalue weighted by atomic mass is 9.90. The van der Waals surface area contributed by atoms with Gasteiger partial charge in [-0.25, -0.2) is 9.67 Å². The van der Waals surface area contributed by atoms with Gasteiger partial charge >= 0.3 is 0 Å². The van der Waals surface area contributed by atoms with Crippen LogP contribution in [0.15, 0.2) is 0 Å². The third-order valence-corrected chi connectivity index (χ3v) is 3.86. The van der Waals surface area contributed by atoms with Gasteiger partial charge in [-0.15, -0.1) is 0 Å². The van der Waals surface area contributed by atoms with E-state index < -0.39 is 0 Å². The molecule has 1 aromatic heterocycles. The summed E-state index contributed by atoms with van der Waals surface area (Å²) in [6.45, 7) is 3.09. The Morgan fingerprint density at radius 3 is 3.00 bits per heavy atom. The molecule has 1 unspecified atom stereocenters. The third kappa shape index (κ3) is 1.47. The summed E-state index contributed by atoms with van der Waals surface area (Å²) in [4.78, 5) is 4.52. The number of nitrogens with zero attached hydrogens (tertiary/aromatic N) is 3. The molecule has 2 N–H and O–H groups in total. The quantitative estimate of drug-likeness (QED) is 0.782. The molecule has 0 spiro atoms. The highest BCUT2D eigenvalue weighted by atomic mass is 15.4. The molecule has 15 heavy (non-hydrogen) atoms. The molecule has 0 bridgehead atoms. The summed E-state index contributed by atoms with van der Waals surface area (Å²) < 4.78 is 2.08. The largest absolute Gasteiger partial charge is 0.325 e. The lowest BCUT2D eigenvalue weighted by Crippen LogP contribution is -2.38. The molecule has 1 aliphatic heterocycles. The maximum Gasteiger partial charge on any atom is 0.150 e. The predicted octanol–water partition coefficient (Wildman–Crippen LogP) is 0.894. The van der Waals surface area contributed by atoms with E-state index in [9.17, 15) is 0 Å². The van der Waals surface area contributed by atoms with Crippen LogP contribution < -0.4 is 5.73 Å². The fraction of sp³-hybridized carbons (Fsp3) is 0.818. The van der Waals surface area contributed by atoms with Crippen LogP contribution in [0.4, 0.5) is 0 Å². The topological polar surface area (TPSA) is 56.7 Å². The smallest absolute Gasteiger partial charge is 0.150 e. The van der Waals surface area contributed by atoms with E-state index in [1.807, 2.05) is 0 Å². The third-order valence-electron chi connectivity index (χ3n) is 3.86. The van der Waals surface area contributed by atoms with Crippen LogP contribution in [0.3, 0.4) is 0 Å². The molecule has 1 atom stereocenters. The summed E-state index contributed by atoms with van der Waals surface area (Å²) in [6, 6.07) is 0. The molecule has 82 valence electrons. The van der Waals surface area contributed by atoms with Crippen LogP contribution in [0.1, 0.15) is 37.8 Å². The SMILES string of the molecule is CCc1nc2n(n1)CC(C1(N)CC1)CC2. The molecule has 4 heteroatoms. The zero-order chi connectivity index (χ0) is 10.5. The number of fused-ring (bicyclic) bond motifs is 1. The second kappa shape index (κ2) is 3.04. The molecule has 3 rings (SSSR count). The van der Waals surface area contributed by atoms with Gasteiger partial charge in [-0.05, 0) is 25.2 Å². The van der Waals surface area contributed by atoms with Crippen LogP contribution in [0.2, 0.25) is 0 Å². The molecule has 2 aliphatic rings. The van der Waals surface area contributed by atoms with Crippen LogP contribution in [0.5, 0.6) is 0 Å². The van der Waals surface area contributed by atoms with E-state index in [1.54, 1.807) is 0 Å². The Morgan fingerprint density at radius 1 is 1.53 bits per heavy atom. The first-order valence-corrected chi connectivity index (χ1v) is 5.93. The van der Waals surface area contributed by atoms with Gasteiger partial charge < -0.3 is 5.73 Å². The Kier molecular flexibility index (Phi) is 1.89. The number of hydrogen-bond acceptors (Lipinski definition) is 3. The fourth-order valence-electron chi connectivity index (χ4n) is 2.53. The molecule has 1 aliphatic carbocycles. The Morgan fingerprint density at radius 2 is 2.33 bits per heavy atom. The van der Waals surface area contributed by atoms with E-state index >= 15 is 0 Å². The molecule has 0 saturated heterocycles. The number of rotatable bonds is 2. The first kappa shape index (κ1) is 9.33. The van der Waals surface area contributed by atoms with Crippen LogP contribution in [-0.4, -0.2) is 20.3 Å². The van der Waals surface area contributed by atoms with Crippen molar-refractivity contribution in [1.29, 1.82) is 0 Å². The van der Waals surface area contributed by atoms with Crippen LogP contribution >= 0.6 is 0 Å². The zero-order valence-electron chi connectivity index (χ0n) is 9.24. The molecule has 1 aromatic rings.